The summed E-state index contributed by atoms with van der Waals surface area (Å²) in [6, 6.07) is 3.97. The van der Waals surface area contributed by atoms with Crippen LogP contribution in [-0.4, -0.2) is 30.3 Å². The summed E-state index contributed by atoms with van der Waals surface area (Å²) in [6.07, 6.45) is 2.70. The van der Waals surface area contributed by atoms with E-state index < -0.39 is 0 Å². The van der Waals surface area contributed by atoms with Crippen molar-refractivity contribution in [2.24, 2.45) is 5.92 Å². The third kappa shape index (κ3) is 3.16. The quantitative estimate of drug-likeness (QED) is 0.709. The van der Waals surface area contributed by atoms with Crippen LogP contribution in [0.2, 0.25) is 0 Å². The van der Waals surface area contributed by atoms with Crippen molar-refractivity contribution in [3.8, 4) is 0 Å². The maximum Gasteiger partial charge on any atom is 0.186 e. The second-order valence-electron chi connectivity index (χ2n) is 4.60. The molecular formula is C13H19NOS. The van der Waals surface area contributed by atoms with Gasteiger partial charge >= 0.3 is 0 Å². The molecule has 1 aliphatic carbocycles. The van der Waals surface area contributed by atoms with E-state index in [1.54, 1.807) is 11.3 Å². The molecule has 0 atom stereocenters. The highest BCUT2D eigenvalue weighted by molar-refractivity contribution is 7.14. The van der Waals surface area contributed by atoms with E-state index in [4.69, 9.17) is 0 Å². The maximum absolute atomic E-state index is 12.0. The van der Waals surface area contributed by atoms with Crippen molar-refractivity contribution in [1.29, 1.82) is 0 Å². The van der Waals surface area contributed by atoms with Crippen LogP contribution in [0.15, 0.2) is 12.1 Å². The molecule has 0 radical (unpaired) electrons. The largest absolute Gasteiger partial charge is 0.296 e. The van der Waals surface area contributed by atoms with Crippen molar-refractivity contribution in [2.45, 2.75) is 26.7 Å². The number of carbonyl (C=O) groups is 1. The van der Waals surface area contributed by atoms with Crippen LogP contribution in [0.1, 0.15) is 34.3 Å². The van der Waals surface area contributed by atoms with E-state index in [2.05, 4.69) is 11.8 Å². The van der Waals surface area contributed by atoms with Gasteiger partial charge < -0.3 is 0 Å². The minimum Gasteiger partial charge on any atom is -0.296 e. The number of hydrogen-bond acceptors (Lipinski definition) is 3. The molecule has 0 aromatic carbocycles. The molecular weight excluding hydrogens is 218 g/mol. The van der Waals surface area contributed by atoms with E-state index in [1.165, 1.54) is 17.7 Å². The highest BCUT2D eigenvalue weighted by atomic mass is 32.1. The van der Waals surface area contributed by atoms with E-state index in [0.717, 1.165) is 23.9 Å². The van der Waals surface area contributed by atoms with Gasteiger partial charge in [0, 0.05) is 11.4 Å². The highest BCUT2D eigenvalue weighted by Crippen LogP contribution is 2.29. The van der Waals surface area contributed by atoms with Crippen LogP contribution in [-0.2, 0) is 0 Å². The lowest BCUT2D eigenvalue weighted by Crippen LogP contribution is -2.31. The molecule has 0 aliphatic heterocycles. The van der Waals surface area contributed by atoms with Gasteiger partial charge in [-0.25, -0.2) is 0 Å². The Balaban J connectivity index is 1.89. The molecule has 2 rings (SSSR count). The molecule has 0 bridgehead atoms. The van der Waals surface area contributed by atoms with Crippen LogP contribution in [0.25, 0.3) is 0 Å². The molecule has 16 heavy (non-hydrogen) atoms. The summed E-state index contributed by atoms with van der Waals surface area (Å²) in [7, 11) is 0. The van der Waals surface area contributed by atoms with E-state index in [1.807, 2.05) is 19.1 Å². The van der Waals surface area contributed by atoms with E-state index in [-0.39, 0.29) is 5.78 Å². The number of carbonyl (C=O) groups excluding carboxylic acids is 1. The topological polar surface area (TPSA) is 20.3 Å². The standard InChI is InChI=1S/C13H19NOS/c1-3-14(8-11-5-6-11)9-12(15)13-7-4-10(2)16-13/h4,7,11H,3,5-6,8-9H2,1-2H3. The lowest BCUT2D eigenvalue weighted by Gasteiger charge is -2.18. The van der Waals surface area contributed by atoms with Crippen molar-refractivity contribution >= 4 is 17.1 Å². The van der Waals surface area contributed by atoms with Gasteiger partial charge in [0.1, 0.15) is 0 Å². The van der Waals surface area contributed by atoms with Gasteiger partial charge in [0.2, 0.25) is 0 Å². The van der Waals surface area contributed by atoms with Gasteiger partial charge in [0.25, 0.3) is 0 Å². The molecule has 0 spiro atoms. The average molecular weight is 237 g/mol. The summed E-state index contributed by atoms with van der Waals surface area (Å²) in [5.41, 5.74) is 0. The third-order valence-electron chi connectivity index (χ3n) is 3.04. The predicted octanol–water partition coefficient (Wildman–Crippen LogP) is 2.97. The van der Waals surface area contributed by atoms with E-state index >= 15 is 0 Å². The van der Waals surface area contributed by atoms with Crippen molar-refractivity contribution in [3.63, 3.8) is 0 Å². The van der Waals surface area contributed by atoms with Crippen LogP contribution < -0.4 is 0 Å². The first kappa shape index (κ1) is 11.8. The Kier molecular flexibility index (Phi) is 3.77. The molecule has 88 valence electrons. The highest BCUT2D eigenvalue weighted by Gasteiger charge is 2.24. The van der Waals surface area contributed by atoms with Gasteiger partial charge in [-0.05, 0) is 44.4 Å². The van der Waals surface area contributed by atoms with Gasteiger partial charge in [-0.1, -0.05) is 6.92 Å². The summed E-state index contributed by atoms with van der Waals surface area (Å²) in [4.78, 5) is 16.4. The fourth-order valence-corrected chi connectivity index (χ4v) is 2.63. The van der Waals surface area contributed by atoms with Crippen molar-refractivity contribution < 1.29 is 4.79 Å². The first-order chi connectivity index (χ1) is 7.69. The fourth-order valence-electron chi connectivity index (χ4n) is 1.84. The zero-order chi connectivity index (χ0) is 11.5. The zero-order valence-electron chi connectivity index (χ0n) is 10.0. The SMILES string of the molecule is CCN(CC(=O)c1ccc(C)s1)CC1CC1. The van der Waals surface area contributed by atoms with Crippen LogP contribution in [0.4, 0.5) is 0 Å². The Morgan fingerprint density at radius 1 is 1.50 bits per heavy atom. The molecule has 1 aromatic rings. The van der Waals surface area contributed by atoms with Gasteiger partial charge in [-0.3, -0.25) is 9.69 Å². The van der Waals surface area contributed by atoms with Gasteiger partial charge in [0.15, 0.2) is 5.78 Å². The third-order valence-corrected chi connectivity index (χ3v) is 4.08. The van der Waals surface area contributed by atoms with Gasteiger partial charge in [0.05, 0.1) is 11.4 Å². The first-order valence-corrected chi connectivity index (χ1v) is 6.82. The van der Waals surface area contributed by atoms with Gasteiger partial charge in [-0.15, -0.1) is 11.3 Å². The lowest BCUT2D eigenvalue weighted by atomic mass is 10.2. The number of aryl methyl sites for hydroxylation is 1. The number of likely N-dealkylation sites (N-methyl/N-ethyl adjacent to an activating group) is 1. The zero-order valence-corrected chi connectivity index (χ0v) is 10.8. The smallest absolute Gasteiger partial charge is 0.186 e. The number of hydrogen-bond donors (Lipinski definition) is 0. The van der Waals surface area contributed by atoms with E-state index in [9.17, 15) is 4.79 Å². The fraction of sp³-hybridized carbons (Fsp3) is 0.615. The Morgan fingerprint density at radius 3 is 2.75 bits per heavy atom. The Morgan fingerprint density at radius 2 is 2.25 bits per heavy atom. The van der Waals surface area contributed by atoms with Crippen LogP contribution in [0.5, 0.6) is 0 Å². The van der Waals surface area contributed by atoms with Crippen molar-refractivity contribution in [1.82, 2.24) is 4.90 Å². The molecule has 2 nitrogen and oxygen atoms in total. The molecule has 1 heterocycles. The molecule has 0 amide bonds. The Bertz CT molecular complexity index is 368. The summed E-state index contributed by atoms with van der Waals surface area (Å²) < 4.78 is 0. The summed E-state index contributed by atoms with van der Waals surface area (Å²) >= 11 is 1.61. The number of thiophene rings is 1. The predicted molar refractivity (Wildman–Crippen MR) is 68.2 cm³/mol. The normalized spacial score (nSPS) is 15.7. The number of Topliss-reactive ketones (excluding diaryl/α,β-unsaturated/α-hetero) is 1. The van der Waals surface area contributed by atoms with Crippen LogP contribution >= 0.6 is 11.3 Å². The molecule has 0 N–H and O–H groups in total. The molecule has 1 aliphatic rings. The van der Waals surface area contributed by atoms with Crippen molar-refractivity contribution in [3.05, 3.63) is 21.9 Å². The maximum atomic E-state index is 12.0. The Labute approximate surface area is 101 Å². The number of nitrogens with zero attached hydrogens (tertiary/aromatic N) is 1. The molecule has 0 unspecified atom stereocenters. The summed E-state index contributed by atoms with van der Waals surface area (Å²) in [5, 5.41) is 0. The van der Waals surface area contributed by atoms with Crippen molar-refractivity contribution in [2.75, 3.05) is 19.6 Å². The molecule has 1 saturated carbocycles. The molecule has 0 saturated heterocycles. The molecule has 1 aromatic heterocycles. The van der Waals surface area contributed by atoms with Crippen LogP contribution in [0.3, 0.4) is 0 Å². The second kappa shape index (κ2) is 5.11. The average Bonchev–Trinajstić information content (AvgIpc) is 2.97. The minimum absolute atomic E-state index is 0.278. The minimum atomic E-state index is 0.278. The summed E-state index contributed by atoms with van der Waals surface area (Å²) in [5.74, 6) is 1.14. The molecule has 1 fully saturated rings. The molecule has 3 heteroatoms. The van der Waals surface area contributed by atoms with Gasteiger partial charge in [-0.2, -0.15) is 0 Å². The lowest BCUT2D eigenvalue weighted by molar-refractivity contribution is 0.0935. The number of ketones is 1. The first-order valence-electron chi connectivity index (χ1n) is 6.01. The van der Waals surface area contributed by atoms with Crippen LogP contribution in [0, 0.1) is 12.8 Å². The Hall–Kier alpha value is -0.670. The monoisotopic (exact) mass is 237 g/mol. The van der Waals surface area contributed by atoms with E-state index in [0.29, 0.717) is 6.54 Å². The number of rotatable bonds is 6. The summed E-state index contributed by atoms with van der Waals surface area (Å²) in [6.45, 7) is 6.85. The second-order valence-corrected chi connectivity index (χ2v) is 5.89.